The van der Waals surface area contributed by atoms with E-state index in [2.05, 4.69) is 10.6 Å². The molecule has 6 nitrogen and oxygen atoms in total. The molecule has 2 fully saturated rings. The van der Waals surface area contributed by atoms with Gasteiger partial charge in [-0.05, 0) is 37.8 Å². The van der Waals surface area contributed by atoms with Crippen molar-refractivity contribution in [3.63, 3.8) is 0 Å². The minimum Gasteiger partial charge on any atom is -0.496 e. The van der Waals surface area contributed by atoms with Crippen molar-refractivity contribution in [3.05, 3.63) is 29.3 Å². The zero-order valence-electron chi connectivity index (χ0n) is 14.7. The summed E-state index contributed by atoms with van der Waals surface area (Å²) >= 11 is 0. The Kier molecular flexibility index (Phi) is 5.70. The fourth-order valence-corrected chi connectivity index (χ4v) is 3.11. The summed E-state index contributed by atoms with van der Waals surface area (Å²) in [5.41, 5.74) is -0.418. The average molecular weight is 367 g/mol. The summed E-state index contributed by atoms with van der Waals surface area (Å²) in [6.45, 7) is 1.67. The number of benzene rings is 1. The highest BCUT2D eigenvalue weighted by Gasteiger charge is 2.28. The lowest BCUT2D eigenvalue weighted by molar-refractivity contribution is -0.122. The number of likely N-dealkylation sites (tertiary alicyclic amines) is 1. The first-order chi connectivity index (χ1) is 12.5. The largest absolute Gasteiger partial charge is 0.496 e. The normalized spacial score (nSPS) is 18.4. The number of piperidine rings is 1. The number of amides is 2. The van der Waals surface area contributed by atoms with Crippen molar-refractivity contribution in [3.8, 4) is 5.75 Å². The smallest absolute Gasteiger partial charge is 0.258 e. The van der Waals surface area contributed by atoms with Gasteiger partial charge >= 0.3 is 0 Å². The summed E-state index contributed by atoms with van der Waals surface area (Å²) in [4.78, 5) is 26.2. The molecule has 26 heavy (non-hydrogen) atoms. The van der Waals surface area contributed by atoms with E-state index in [9.17, 15) is 18.4 Å². The summed E-state index contributed by atoms with van der Waals surface area (Å²) in [5.74, 6) is -2.97. The number of halogens is 2. The second-order valence-electron chi connectivity index (χ2n) is 6.80. The van der Waals surface area contributed by atoms with Gasteiger partial charge in [0.2, 0.25) is 5.91 Å². The summed E-state index contributed by atoms with van der Waals surface area (Å²) in [5, 5.41) is 5.69. The molecular formula is C18H23F2N3O3. The maximum Gasteiger partial charge on any atom is 0.258 e. The Balaban J connectivity index is 1.52. The van der Waals surface area contributed by atoms with E-state index >= 15 is 0 Å². The van der Waals surface area contributed by atoms with E-state index in [4.69, 9.17) is 4.74 Å². The first-order valence-corrected chi connectivity index (χ1v) is 8.82. The number of ether oxygens (including phenoxy) is 1. The van der Waals surface area contributed by atoms with Gasteiger partial charge in [-0.25, -0.2) is 8.78 Å². The van der Waals surface area contributed by atoms with Crippen LogP contribution in [0.3, 0.4) is 0 Å². The van der Waals surface area contributed by atoms with Gasteiger partial charge in [0.05, 0.1) is 13.7 Å². The second kappa shape index (κ2) is 7.99. The third kappa shape index (κ3) is 4.49. The highest BCUT2D eigenvalue weighted by Crippen LogP contribution is 2.24. The molecule has 2 aliphatic rings. The number of carbonyl (C=O) groups excluding carboxylic acids is 2. The van der Waals surface area contributed by atoms with Crippen LogP contribution in [0.5, 0.6) is 5.75 Å². The van der Waals surface area contributed by atoms with E-state index in [1.807, 2.05) is 4.90 Å². The van der Waals surface area contributed by atoms with Gasteiger partial charge in [0.25, 0.3) is 5.91 Å². The number of nitrogens with one attached hydrogen (secondary N) is 2. The lowest BCUT2D eigenvalue weighted by Crippen LogP contribution is -2.47. The van der Waals surface area contributed by atoms with Crippen molar-refractivity contribution < 1.29 is 23.1 Å². The predicted molar refractivity (Wildman–Crippen MR) is 91.0 cm³/mol. The molecule has 142 valence electrons. The van der Waals surface area contributed by atoms with Gasteiger partial charge in [0.15, 0.2) is 11.6 Å². The van der Waals surface area contributed by atoms with Crippen molar-refractivity contribution in [2.24, 2.45) is 0 Å². The van der Waals surface area contributed by atoms with Crippen LogP contribution in [0.1, 0.15) is 36.0 Å². The SMILES string of the molecule is COc1ccc(F)c(F)c1C(=O)NC1CCN(CC(=O)NC2CC2)CC1. The topological polar surface area (TPSA) is 70.7 Å². The van der Waals surface area contributed by atoms with Gasteiger partial charge in [0, 0.05) is 25.2 Å². The lowest BCUT2D eigenvalue weighted by atomic mass is 10.0. The minimum absolute atomic E-state index is 0.00409. The number of carbonyl (C=O) groups is 2. The summed E-state index contributed by atoms with van der Waals surface area (Å²) in [6, 6.07) is 2.35. The van der Waals surface area contributed by atoms with E-state index in [0.29, 0.717) is 38.5 Å². The molecular weight excluding hydrogens is 344 g/mol. The quantitative estimate of drug-likeness (QED) is 0.798. The van der Waals surface area contributed by atoms with Crippen molar-refractivity contribution in [2.45, 2.75) is 37.8 Å². The van der Waals surface area contributed by atoms with Crippen molar-refractivity contribution in [1.29, 1.82) is 0 Å². The predicted octanol–water partition coefficient (Wildman–Crippen LogP) is 1.45. The van der Waals surface area contributed by atoms with Crippen LogP contribution in [-0.2, 0) is 4.79 Å². The maximum absolute atomic E-state index is 14.0. The molecule has 0 spiro atoms. The molecule has 3 rings (SSSR count). The Morgan fingerprint density at radius 1 is 1.12 bits per heavy atom. The monoisotopic (exact) mass is 367 g/mol. The molecule has 1 aliphatic carbocycles. The number of rotatable bonds is 6. The Morgan fingerprint density at radius 3 is 2.38 bits per heavy atom. The second-order valence-corrected chi connectivity index (χ2v) is 6.80. The fraction of sp³-hybridized carbons (Fsp3) is 0.556. The molecule has 1 saturated carbocycles. The van der Waals surface area contributed by atoms with E-state index in [1.165, 1.54) is 13.2 Å². The van der Waals surface area contributed by atoms with E-state index in [-0.39, 0.29) is 17.7 Å². The highest BCUT2D eigenvalue weighted by molar-refractivity contribution is 5.97. The molecule has 0 atom stereocenters. The Labute approximate surface area is 150 Å². The molecule has 2 N–H and O–H groups in total. The van der Waals surface area contributed by atoms with E-state index in [0.717, 1.165) is 18.9 Å². The first-order valence-electron chi connectivity index (χ1n) is 8.82. The zero-order valence-corrected chi connectivity index (χ0v) is 14.7. The van der Waals surface area contributed by atoms with E-state index in [1.54, 1.807) is 0 Å². The van der Waals surface area contributed by atoms with Crippen LogP contribution >= 0.6 is 0 Å². The van der Waals surface area contributed by atoms with Gasteiger partial charge in [-0.15, -0.1) is 0 Å². The number of methoxy groups -OCH3 is 1. The van der Waals surface area contributed by atoms with Gasteiger partial charge in [-0.3, -0.25) is 14.5 Å². The Hall–Kier alpha value is -2.22. The van der Waals surface area contributed by atoms with Crippen molar-refractivity contribution >= 4 is 11.8 Å². The van der Waals surface area contributed by atoms with Gasteiger partial charge < -0.3 is 15.4 Å². The van der Waals surface area contributed by atoms with Gasteiger partial charge in [0.1, 0.15) is 11.3 Å². The Morgan fingerprint density at radius 2 is 1.77 bits per heavy atom. The standard InChI is InChI=1S/C18H23F2N3O3/c1-26-14-5-4-13(19)17(20)16(14)18(25)22-12-6-8-23(9-7-12)10-15(24)21-11-2-3-11/h4-5,11-12H,2-3,6-10H2,1H3,(H,21,24)(H,22,25). The zero-order chi connectivity index (χ0) is 18.7. The molecule has 0 bridgehead atoms. The number of hydrogen-bond acceptors (Lipinski definition) is 4. The molecule has 0 aromatic heterocycles. The molecule has 0 unspecified atom stereocenters. The molecule has 1 saturated heterocycles. The molecule has 1 heterocycles. The van der Waals surface area contributed by atoms with Crippen LogP contribution in [0.2, 0.25) is 0 Å². The van der Waals surface area contributed by atoms with Crippen LogP contribution in [0.4, 0.5) is 8.78 Å². The minimum atomic E-state index is -1.21. The third-order valence-corrected chi connectivity index (χ3v) is 4.74. The summed E-state index contributed by atoms with van der Waals surface area (Å²) in [6.07, 6.45) is 3.39. The average Bonchev–Trinajstić information content (AvgIpc) is 3.42. The van der Waals surface area contributed by atoms with Crippen LogP contribution < -0.4 is 15.4 Å². The van der Waals surface area contributed by atoms with Gasteiger partial charge in [-0.1, -0.05) is 0 Å². The van der Waals surface area contributed by atoms with E-state index < -0.39 is 23.1 Å². The van der Waals surface area contributed by atoms with Crippen LogP contribution in [0.25, 0.3) is 0 Å². The molecule has 8 heteroatoms. The van der Waals surface area contributed by atoms with Crippen LogP contribution in [-0.4, -0.2) is 55.5 Å². The summed E-state index contributed by atoms with van der Waals surface area (Å²) < 4.78 is 32.4. The van der Waals surface area contributed by atoms with Crippen LogP contribution in [0.15, 0.2) is 12.1 Å². The molecule has 2 amide bonds. The molecule has 0 radical (unpaired) electrons. The third-order valence-electron chi connectivity index (χ3n) is 4.74. The maximum atomic E-state index is 14.0. The van der Waals surface area contributed by atoms with Crippen molar-refractivity contribution in [2.75, 3.05) is 26.7 Å². The summed E-state index contributed by atoms with van der Waals surface area (Å²) in [7, 11) is 1.30. The fourth-order valence-electron chi connectivity index (χ4n) is 3.11. The van der Waals surface area contributed by atoms with Gasteiger partial charge in [-0.2, -0.15) is 0 Å². The first kappa shape index (κ1) is 18.6. The Bertz CT molecular complexity index is 687. The number of hydrogen-bond donors (Lipinski definition) is 2. The lowest BCUT2D eigenvalue weighted by Gasteiger charge is -2.32. The van der Waals surface area contributed by atoms with Crippen LogP contribution in [0, 0.1) is 11.6 Å². The molecule has 1 aliphatic heterocycles. The molecule has 1 aromatic carbocycles. The highest BCUT2D eigenvalue weighted by atomic mass is 19.2. The van der Waals surface area contributed by atoms with Crippen molar-refractivity contribution in [1.82, 2.24) is 15.5 Å². The molecule has 1 aromatic rings. The number of nitrogens with zero attached hydrogens (tertiary/aromatic N) is 1.